The lowest BCUT2D eigenvalue weighted by Crippen LogP contribution is -2.58. The van der Waals surface area contributed by atoms with Crippen molar-refractivity contribution in [3.05, 3.63) is 58.1 Å². The number of ketones is 1. The first-order valence-electron chi connectivity index (χ1n) is 13.2. The highest BCUT2D eigenvalue weighted by Crippen LogP contribution is 2.69. The topological polar surface area (TPSA) is 58.9 Å². The number of nitrogens with zero attached hydrogens (tertiary/aromatic N) is 1. The Hall–Kier alpha value is -1.72. The van der Waals surface area contributed by atoms with Crippen LogP contribution in [0.3, 0.4) is 0 Å². The zero-order valence-corrected chi connectivity index (χ0v) is 23.0. The lowest BCUT2D eigenvalue weighted by Gasteiger charge is -2.60. The maximum atomic E-state index is 13.1. The van der Waals surface area contributed by atoms with E-state index in [0.29, 0.717) is 37.1 Å². The molecule has 6 unspecified atom stereocenters. The summed E-state index contributed by atoms with van der Waals surface area (Å²) in [4.78, 5) is 18.7. The Balaban J connectivity index is 1.36. The highest BCUT2D eigenvalue weighted by atomic mass is 79.9. The van der Waals surface area contributed by atoms with Crippen molar-refractivity contribution in [2.45, 2.75) is 78.9 Å². The first-order valence-corrected chi connectivity index (χ1v) is 14.0. The first-order chi connectivity index (χ1) is 16.6. The highest BCUT2D eigenvalue weighted by molar-refractivity contribution is 9.10. The summed E-state index contributed by atoms with van der Waals surface area (Å²) in [5.74, 6) is 1.48. The molecule has 4 aliphatic rings. The molecule has 1 aromatic rings. The Morgan fingerprint density at radius 1 is 1.26 bits per heavy atom. The summed E-state index contributed by atoms with van der Waals surface area (Å²) in [6.45, 7) is 9.19. The molecule has 1 aromatic carbocycles. The van der Waals surface area contributed by atoms with Crippen molar-refractivity contribution >= 4 is 27.4 Å². The molecule has 0 amide bonds. The van der Waals surface area contributed by atoms with Gasteiger partial charge in [-0.15, -0.1) is 0 Å². The van der Waals surface area contributed by atoms with Crippen molar-refractivity contribution < 1.29 is 14.7 Å². The second-order valence-electron chi connectivity index (χ2n) is 11.9. The van der Waals surface area contributed by atoms with E-state index in [-0.39, 0.29) is 22.2 Å². The number of fused-ring (bicyclic) bond motifs is 5. The fraction of sp³-hybridized carbons (Fsp3) is 0.600. The third kappa shape index (κ3) is 3.89. The summed E-state index contributed by atoms with van der Waals surface area (Å²) in [6, 6.07) is 8.05. The van der Waals surface area contributed by atoms with Crippen molar-refractivity contribution in [2.75, 3.05) is 0 Å². The van der Waals surface area contributed by atoms with Crippen molar-refractivity contribution in [3.63, 3.8) is 0 Å². The van der Waals surface area contributed by atoms with Crippen LogP contribution >= 0.6 is 15.9 Å². The summed E-state index contributed by atoms with van der Waals surface area (Å²) >= 11 is 3.50. The lowest BCUT2D eigenvalue weighted by molar-refractivity contribution is -0.153. The molecule has 5 heteroatoms. The van der Waals surface area contributed by atoms with E-state index in [1.807, 2.05) is 31.2 Å². The summed E-state index contributed by atoms with van der Waals surface area (Å²) in [7, 11) is 0. The minimum atomic E-state index is -0.409. The molecule has 4 aliphatic carbocycles. The largest absolute Gasteiger partial charge is 0.393 e. The van der Waals surface area contributed by atoms with E-state index in [1.165, 1.54) is 5.57 Å². The number of Topliss-reactive ketones (excluding diaryl/α,β-unsaturated/α-hetero) is 1. The van der Waals surface area contributed by atoms with E-state index in [4.69, 9.17) is 4.84 Å². The molecular weight excluding hydrogens is 502 g/mol. The number of hydrogen-bond donors (Lipinski definition) is 1. The average Bonchev–Trinajstić information content (AvgIpc) is 3.09. The normalized spacial score (nSPS) is 41.1. The molecule has 0 saturated heterocycles. The van der Waals surface area contributed by atoms with E-state index in [0.717, 1.165) is 41.4 Å². The van der Waals surface area contributed by atoms with Crippen molar-refractivity contribution in [2.24, 2.45) is 39.2 Å². The number of oxime groups is 1. The van der Waals surface area contributed by atoms with Gasteiger partial charge in [-0.3, -0.25) is 4.79 Å². The van der Waals surface area contributed by atoms with Gasteiger partial charge in [-0.25, -0.2) is 0 Å². The quantitative estimate of drug-likeness (QED) is 0.409. The van der Waals surface area contributed by atoms with E-state index >= 15 is 0 Å². The number of benzene rings is 1. The zero-order chi connectivity index (χ0) is 25.0. The van der Waals surface area contributed by atoms with Crippen LogP contribution in [-0.4, -0.2) is 22.7 Å². The lowest BCUT2D eigenvalue weighted by atomic mass is 9.45. The van der Waals surface area contributed by atoms with Gasteiger partial charge in [-0.05, 0) is 79.2 Å². The maximum Gasteiger partial charge on any atom is 0.142 e. The molecule has 7 atom stereocenters. The number of halogens is 1. The second-order valence-corrected chi connectivity index (χ2v) is 12.8. The van der Waals surface area contributed by atoms with Crippen LogP contribution < -0.4 is 0 Å². The predicted molar refractivity (Wildman–Crippen MR) is 143 cm³/mol. The van der Waals surface area contributed by atoms with Gasteiger partial charge in [-0.1, -0.05) is 72.6 Å². The molecular formula is C30H38BrNO3. The van der Waals surface area contributed by atoms with Crippen LogP contribution in [0, 0.1) is 34.0 Å². The van der Waals surface area contributed by atoms with Crippen molar-refractivity contribution in [1.29, 1.82) is 0 Å². The van der Waals surface area contributed by atoms with E-state index in [1.54, 1.807) is 0 Å². The van der Waals surface area contributed by atoms with E-state index < -0.39 is 6.10 Å². The van der Waals surface area contributed by atoms with Gasteiger partial charge < -0.3 is 9.94 Å². The van der Waals surface area contributed by atoms with Crippen LogP contribution in [0.2, 0.25) is 0 Å². The Bertz CT molecular complexity index is 1110. The van der Waals surface area contributed by atoms with Crippen LogP contribution in [0.1, 0.15) is 71.8 Å². The number of aliphatic hydroxyl groups is 1. The number of carbonyl (C=O) groups is 1. The minimum Gasteiger partial charge on any atom is -0.393 e. The monoisotopic (exact) mass is 539 g/mol. The third-order valence-corrected chi connectivity index (χ3v) is 10.8. The molecule has 4 nitrogen and oxygen atoms in total. The Labute approximate surface area is 218 Å². The standard InChI is InChI=1S/C30H38BrNO3/c1-5-26(34)29(3)14-12-24-23-10-9-20-16-22(32-35-18-19-7-6-8-21(31)15-19)11-13-28(20,2)27(23)25(33)17-30(24,29)4/h6-8,11,13,15-16,23-25,27,33H,5,9-10,12,14,17-18H2,1-4H3/b32-22+/t23?,24?,25?,27?,28?,29-,30?/m1/s1. The molecule has 0 heterocycles. The molecule has 1 N–H and O–H groups in total. The number of aliphatic hydroxyl groups excluding tert-OH is 1. The van der Waals surface area contributed by atoms with Gasteiger partial charge in [0.2, 0.25) is 0 Å². The summed E-state index contributed by atoms with van der Waals surface area (Å²) < 4.78 is 1.03. The minimum absolute atomic E-state index is 0.122. The average molecular weight is 541 g/mol. The number of rotatable bonds is 5. The fourth-order valence-electron chi connectivity index (χ4n) is 8.29. The molecule has 0 aliphatic heterocycles. The van der Waals surface area contributed by atoms with Gasteiger partial charge in [0.1, 0.15) is 18.1 Å². The summed E-state index contributed by atoms with van der Waals surface area (Å²) in [6.07, 6.45) is 11.5. The molecule has 0 bridgehead atoms. The van der Waals surface area contributed by atoms with Gasteiger partial charge in [-0.2, -0.15) is 0 Å². The van der Waals surface area contributed by atoms with Crippen LogP contribution in [0.4, 0.5) is 0 Å². The van der Waals surface area contributed by atoms with Gasteiger partial charge in [0, 0.05) is 27.6 Å². The summed E-state index contributed by atoms with van der Waals surface area (Å²) in [5.41, 5.74) is 2.63. The van der Waals surface area contributed by atoms with Crippen LogP contribution in [0.5, 0.6) is 0 Å². The first kappa shape index (κ1) is 25.0. The second kappa shape index (κ2) is 8.99. The summed E-state index contributed by atoms with van der Waals surface area (Å²) in [5, 5.41) is 16.0. The van der Waals surface area contributed by atoms with E-state index in [9.17, 15) is 9.90 Å². The van der Waals surface area contributed by atoms with Gasteiger partial charge in [0.25, 0.3) is 0 Å². The smallest absolute Gasteiger partial charge is 0.142 e. The van der Waals surface area contributed by atoms with Crippen molar-refractivity contribution in [3.8, 4) is 0 Å². The van der Waals surface area contributed by atoms with Crippen LogP contribution in [-0.2, 0) is 16.2 Å². The van der Waals surface area contributed by atoms with Crippen molar-refractivity contribution in [1.82, 2.24) is 0 Å². The Morgan fingerprint density at radius 2 is 2.06 bits per heavy atom. The molecule has 3 fully saturated rings. The van der Waals surface area contributed by atoms with Crippen LogP contribution in [0.15, 0.2) is 57.7 Å². The fourth-order valence-corrected chi connectivity index (χ4v) is 8.74. The maximum absolute atomic E-state index is 13.1. The zero-order valence-electron chi connectivity index (χ0n) is 21.4. The van der Waals surface area contributed by atoms with E-state index in [2.05, 4.69) is 60.1 Å². The third-order valence-electron chi connectivity index (χ3n) is 10.3. The molecule has 3 saturated carbocycles. The Kier molecular flexibility index (Phi) is 6.41. The van der Waals surface area contributed by atoms with Gasteiger partial charge in [0.15, 0.2) is 0 Å². The highest BCUT2D eigenvalue weighted by Gasteiger charge is 2.66. The Morgan fingerprint density at radius 3 is 2.80 bits per heavy atom. The predicted octanol–water partition coefficient (Wildman–Crippen LogP) is 7.02. The number of carbonyl (C=O) groups excluding carboxylic acids is 1. The SMILES string of the molecule is CCC(=O)[C@@]1(C)CCC2C3CCC4=C/C(=N/OCc5cccc(Br)c5)C=CC4(C)C3C(O)CC21C. The molecule has 0 radical (unpaired) electrons. The molecule has 0 spiro atoms. The molecule has 0 aromatic heterocycles. The molecule has 5 rings (SSSR count). The van der Waals surface area contributed by atoms with Gasteiger partial charge >= 0.3 is 0 Å². The van der Waals surface area contributed by atoms with Crippen LogP contribution in [0.25, 0.3) is 0 Å². The van der Waals surface area contributed by atoms with Gasteiger partial charge in [0.05, 0.1) is 6.10 Å². The molecule has 35 heavy (non-hydrogen) atoms. The number of hydrogen-bond acceptors (Lipinski definition) is 4. The number of allylic oxidation sites excluding steroid dienone is 4. The molecule has 188 valence electrons.